The Morgan fingerprint density at radius 1 is 1.31 bits per heavy atom. The number of halogens is 4. The van der Waals surface area contributed by atoms with Gasteiger partial charge in [-0.3, -0.25) is 0 Å². The molecule has 4 nitrogen and oxygen atoms in total. The van der Waals surface area contributed by atoms with Crippen LogP contribution in [0.4, 0.5) is 23.4 Å². The monoisotopic (exact) mass is 240 g/mol. The smallest absolute Gasteiger partial charge is 0.345 e. The first-order valence-electron chi connectivity index (χ1n) is 4.14. The number of nitrogen functional groups attached to an aromatic ring is 1. The first-order valence-corrected chi connectivity index (χ1v) is 4.14. The summed E-state index contributed by atoms with van der Waals surface area (Å²) in [4.78, 5) is 3.01. The largest absolute Gasteiger partial charge is 0.486 e. The van der Waals surface area contributed by atoms with Gasteiger partial charge in [-0.25, -0.2) is 4.39 Å². The minimum Gasteiger partial charge on any atom is -0.486 e. The molecule has 2 N–H and O–H groups in total. The van der Waals surface area contributed by atoms with Crippen molar-refractivity contribution in [1.29, 1.82) is 0 Å². The predicted octanol–water partition coefficient (Wildman–Crippen LogP) is 1.56. The third-order valence-corrected chi connectivity index (χ3v) is 1.51. The zero-order chi connectivity index (χ0) is 12.1. The van der Waals surface area contributed by atoms with Gasteiger partial charge in [-0.05, 0) is 0 Å². The maximum Gasteiger partial charge on any atom is 0.345 e. The number of rotatable bonds is 5. The highest BCUT2D eigenvalue weighted by atomic mass is 19.3. The maximum atomic E-state index is 12.9. The van der Waals surface area contributed by atoms with E-state index in [1.54, 1.807) is 0 Å². The molecule has 0 aliphatic rings. The van der Waals surface area contributed by atoms with E-state index < -0.39 is 36.6 Å². The van der Waals surface area contributed by atoms with Crippen LogP contribution in [0, 0.1) is 11.8 Å². The average molecular weight is 240 g/mol. The van der Waals surface area contributed by atoms with Gasteiger partial charge < -0.3 is 15.2 Å². The molecule has 0 aromatic carbocycles. The lowest BCUT2D eigenvalue weighted by Gasteiger charge is -2.07. The van der Waals surface area contributed by atoms with Crippen LogP contribution in [0.5, 0.6) is 5.75 Å². The van der Waals surface area contributed by atoms with Crippen LogP contribution in [0.25, 0.3) is 0 Å². The van der Waals surface area contributed by atoms with E-state index in [4.69, 9.17) is 5.73 Å². The van der Waals surface area contributed by atoms with Crippen molar-refractivity contribution in [3.05, 3.63) is 17.8 Å². The summed E-state index contributed by atoms with van der Waals surface area (Å²) in [5.74, 6) is -3.18. The normalized spacial score (nSPS) is 10.8. The van der Waals surface area contributed by atoms with Crippen LogP contribution in [0.15, 0.2) is 6.07 Å². The van der Waals surface area contributed by atoms with E-state index in [9.17, 15) is 17.6 Å². The zero-order valence-corrected chi connectivity index (χ0v) is 7.92. The summed E-state index contributed by atoms with van der Waals surface area (Å²) in [6.07, 6.45) is 0. The van der Waals surface area contributed by atoms with Crippen LogP contribution in [0.3, 0.4) is 0 Å². The van der Waals surface area contributed by atoms with Crippen molar-refractivity contribution in [2.24, 2.45) is 0 Å². The number of pyridine rings is 1. The molecular formula is C8H8F4N2O2. The van der Waals surface area contributed by atoms with E-state index in [2.05, 4.69) is 14.5 Å². The predicted molar refractivity (Wildman–Crippen MR) is 46.0 cm³/mol. The van der Waals surface area contributed by atoms with E-state index in [-0.39, 0.29) is 6.61 Å². The summed E-state index contributed by atoms with van der Waals surface area (Å²) >= 11 is 0. The summed E-state index contributed by atoms with van der Waals surface area (Å²) in [7, 11) is 0. The Morgan fingerprint density at radius 2 is 2.00 bits per heavy atom. The fourth-order valence-electron chi connectivity index (χ4n) is 0.853. The number of ether oxygens (including phenoxy) is 2. The Hall–Kier alpha value is -1.57. The van der Waals surface area contributed by atoms with Crippen LogP contribution < -0.4 is 10.5 Å². The lowest BCUT2D eigenvalue weighted by molar-refractivity contribution is -0.133. The zero-order valence-electron chi connectivity index (χ0n) is 7.92. The highest BCUT2D eigenvalue weighted by Crippen LogP contribution is 2.19. The molecule has 1 heterocycles. The molecule has 0 unspecified atom stereocenters. The summed E-state index contributed by atoms with van der Waals surface area (Å²) in [5.41, 5.74) is 4.98. The highest BCUT2D eigenvalue weighted by Gasteiger charge is 2.11. The second-order valence-electron chi connectivity index (χ2n) is 2.62. The van der Waals surface area contributed by atoms with E-state index in [1.807, 2.05) is 0 Å². The second-order valence-corrected chi connectivity index (χ2v) is 2.62. The Labute approximate surface area is 88.0 Å². The van der Waals surface area contributed by atoms with Gasteiger partial charge >= 0.3 is 6.61 Å². The molecule has 0 aliphatic heterocycles. The number of aromatic nitrogens is 1. The molecule has 0 atom stereocenters. The van der Waals surface area contributed by atoms with E-state index in [1.165, 1.54) is 0 Å². The molecule has 0 bridgehead atoms. The first kappa shape index (κ1) is 12.5. The topological polar surface area (TPSA) is 57.4 Å². The lowest BCUT2D eigenvalue weighted by Crippen LogP contribution is -2.11. The fraction of sp³-hybridized carbons (Fsp3) is 0.375. The summed E-state index contributed by atoms with van der Waals surface area (Å²) in [6, 6.07) is 0.681. The number of nitrogens with zero attached hydrogens (tertiary/aromatic N) is 1. The van der Waals surface area contributed by atoms with Gasteiger partial charge in [0.25, 0.3) is 5.95 Å². The van der Waals surface area contributed by atoms with Crippen molar-refractivity contribution < 1.29 is 27.0 Å². The molecule has 0 saturated carbocycles. The van der Waals surface area contributed by atoms with Crippen LogP contribution in [-0.4, -0.2) is 24.8 Å². The third-order valence-electron chi connectivity index (χ3n) is 1.51. The van der Waals surface area contributed by atoms with Gasteiger partial charge in [-0.15, -0.1) is 0 Å². The number of hydrogen-bond acceptors (Lipinski definition) is 4. The van der Waals surface area contributed by atoms with E-state index >= 15 is 0 Å². The molecule has 0 amide bonds. The fourth-order valence-corrected chi connectivity index (χ4v) is 0.853. The molecular weight excluding hydrogens is 232 g/mol. The van der Waals surface area contributed by atoms with Crippen molar-refractivity contribution in [2.75, 3.05) is 18.9 Å². The Kier molecular flexibility index (Phi) is 4.29. The number of alkyl halides is 2. The van der Waals surface area contributed by atoms with Gasteiger partial charge in [0, 0.05) is 6.07 Å². The molecule has 0 saturated heterocycles. The summed E-state index contributed by atoms with van der Waals surface area (Å²) < 4.78 is 57.3. The Morgan fingerprint density at radius 3 is 2.62 bits per heavy atom. The van der Waals surface area contributed by atoms with E-state index in [0.29, 0.717) is 6.07 Å². The van der Waals surface area contributed by atoms with Gasteiger partial charge in [0.15, 0.2) is 17.4 Å². The van der Waals surface area contributed by atoms with Crippen LogP contribution >= 0.6 is 0 Å². The average Bonchev–Trinajstić information content (AvgIpc) is 2.19. The molecule has 0 aliphatic carbocycles. The summed E-state index contributed by atoms with van der Waals surface area (Å²) in [5, 5.41) is 0. The standard InChI is InChI=1S/C8H8F4N2O2/c9-4-3-5(6(10)14-7(4)13)15-1-2-16-8(11)12/h3,8H,1-2H2,(H2,13,14). The molecule has 0 fully saturated rings. The molecule has 0 radical (unpaired) electrons. The van der Waals surface area contributed by atoms with Crippen molar-refractivity contribution in [1.82, 2.24) is 4.98 Å². The summed E-state index contributed by atoms with van der Waals surface area (Å²) in [6.45, 7) is -3.75. The van der Waals surface area contributed by atoms with Gasteiger partial charge in [0.1, 0.15) is 6.61 Å². The van der Waals surface area contributed by atoms with Gasteiger partial charge in [-0.2, -0.15) is 18.2 Å². The molecule has 1 aromatic heterocycles. The quantitative estimate of drug-likeness (QED) is 0.482. The van der Waals surface area contributed by atoms with Crippen molar-refractivity contribution in [2.45, 2.75) is 6.61 Å². The lowest BCUT2D eigenvalue weighted by atomic mass is 10.4. The second kappa shape index (κ2) is 5.50. The number of hydrogen-bond donors (Lipinski definition) is 1. The molecule has 8 heteroatoms. The highest BCUT2D eigenvalue weighted by molar-refractivity contribution is 5.35. The number of nitrogens with two attached hydrogens (primary N) is 1. The van der Waals surface area contributed by atoms with Crippen LogP contribution in [-0.2, 0) is 4.74 Å². The first-order chi connectivity index (χ1) is 7.50. The minimum absolute atomic E-state index is 0.355. The third kappa shape index (κ3) is 3.54. The Balaban J connectivity index is 2.51. The van der Waals surface area contributed by atoms with Crippen molar-refractivity contribution in [3.8, 4) is 5.75 Å². The van der Waals surface area contributed by atoms with Crippen LogP contribution in [0.2, 0.25) is 0 Å². The van der Waals surface area contributed by atoms with Gasteiger partial charge in [0.05, 0.1) is 6.61 Å². The SMILES string of the molecule is Nc1nc(F)c(OCCOC(F)F)cc1F. The van der Waals surface area contributed by atoms with Crippen LogP contribution in [0.1, 0.15) is 0 Å². The maximum absolute atomic E-state index is 12.9. The minimum atomic E-state index is -2.94. The van der Waals surface area contributed by atoms with Crippen molar-refractivity contribution >= 4 is 5.82 Å². The molecule has 1 rings (SSSR count). The van der Waals surface area contributed by atoms with E-state index in [0.717, 1.165) is 0 Å². The molecule has 1 aromatic rings. The van der Waals surface area contributed by atoms with Gasteiger partial charge in [0.2, 0.25) is 0 Å². The van der Waals surface area contributed by atoms with Gasteiger partial charge in [-0.1, -0.05) is 0 Å². The molecule has 16 heavy (non-hydrogen) atoms. The molecule has 0 spiro atoms. The number of anilines is 1. The Bertz CT molecular complexity index is 362. The molecule has 90 valence electrons. The van der Waals surface area contributed by atoms with Crippen molar-refractivity contribution in [3.63, 3.8) is 0 Å².